The molecule has 1 atom stereocenters. The highest BCUT2D eigenvalue weighted by atomic mass is 79.9. The van der Waals surface area contributed by atoms with Crippen LogP contribution in [0, 0.1) is 0 Å². The molecule has 0 radical (unpaired) electrons. The minimum absolute atomic E-state index is 0.834. The fraction of sp³-hybridized carbons (Fsp3) is 0.538. The van der Waals surface area contributed by atoms with Gasteiger partial charge in [-0.05, 0) is 49.3 Å². The van der Waals surface area contributed by atoms with E-state index in [4.69, 9.17) is 0 Å². The Hall–Kier alpha value is 0.01000. The van der Waals surface area contributed by atoms with Crippen molar-refractivity contribution in [2.24, 2.45) is 0 Å². The summed E-state index contributed by atoms with van der Waals surface area (Å²) in [6.45, 7) is 2.41. The Morgan fingerprint density at radius 1 is 1.44 bits per heavy atom. The number of hydrogen-bond donors (Lipinski definition) is 1. The Morgan fingerprint density at radius 2 is 2.38 bits per heavy atom. The lowest BCUT2D eigenvalue weighted by Crippen LogP contribution is -2.31. The summed E-state index contributed by atoms with van der Waals surface area (Å²) in [6.07, 6.45) is 3.91. The number of benzene rings is 1. The zero-order chi connectivity index (χ0) is 11.2. The van der Waals surface area contributed by atoms with Crippen LogP contribution in [0.25, 0.3) is 0 Å². The standard InChI is InChI=1S/C13H18BrNS/c14-12-4-1-3-11(9-12)6-8-16-13-5-2-7-15-10-13/h1,3-4,9,13,15H,2,5-8,10H2. The fourth-order valence-electron chi connectivity index (χ4n) is 2.00. The molecule has 0 aromatic heterocycles. The molecule has 0 aliphatic carbocycles. The van der Waals surface area contributed by atoms with Crippen LogP contribution in [0.1, 0.15) is 18.4 Å². The number of nitrogens with one attached hydrogen (secondary N) is 1. The second-order valence-electron chi connectivity index (χ2n) is 4.22. The van der Waals surface area contributed by atoms with Gasteiger partial charge >= 0.3 is 0 Å². The Kier molecular flexibility index (Phi) is 5.20. The second-order valence-corrected chi connectivity index (χ2v) is 6.54. The van der Waals surface area contributed by atoms with Crippen molar-refractivity contribution in [2.45, 2.75) is 24.5 Å². The zero-order valence-electron chi connectivity index (χ0n) is 9.42. The van der Waals surface area contributed by atoms with Crippen LogP contribution in [-0.2, 0) is 6.42 Å². The van der Waals surface area contributed by atoms with E-state index < -0.39 is 0 Å². The minimum Gasteiger partial charge on any atom is -0.316 e. The maximum Gasteiger partial charge on any atom is 0.0178 e. The summed E-state index contributed by atoms with van der Waals surface area (Å²) in [5, 5.41) is 4.30. The predicted octanol–water partition coefficient (Wildman–Crippen LogP) is 3.48. The average molecular weight is 300 g/mol. The summed E-state index contributed by atoms with van der Waals surface area (Å²) in [7, 11) is 0. The van der Waals surface area contributed by atoms with E-state index in [1.54, 1.807) is 0 Å². The molecule has 1 aliphatic rings. The SMILES string of the molecule is Brc1cccc(CCSC2CCCNC2)c1. The van der Waals surface area contributed by atoms with Crippen molar-refractivity contribution in [1.29, 1.82) is 0 Å². The van der Waals surface area contributed by atoms with Crippen molar-refractivity contribution in [2.75, 3.05) is 18.8 Å². The molecule has 1 fully saturated rings. The lowest BCUT2D eigenvalue weighted by Gasteiger charge is -2.22. The number of halogens is 1. The fourth-order valence-corrected chi connectivity index (χ4v) is 3.70. The topological polar surface area (TPSA) is 12.0 Å². The van der Waals surface area contributed by atoms with E-state index >= 15 is 0 Å². The first-order valence-electron chi connectivity index (χ1n) is 5.91. The summed E-state index contributed by atoms with van der Waals surface area (Å²) in [5.41, 5.74) is 1.44. The van der Waals surface area contributed by atoms with Gasteiger partial charge in [-0.25, -0.2) is 0 Å². The van der Waals surface area contributed by atoms with Gasteiger partial charge in [0.15, 0.2) is 0 Å². The number of rotatable bonds is 4. The molecule has 0 spiro atoms. The van der Waals surface area contributed by atoms with Gasteiger partial charge in [0.2, 0.25) is 0 Å². The highest BCUT2D eigenvalue weighted by Crippen LogP contribution is 2.20. The molecule has 1 aromatic carbocycles. The molecule has 88 valence electrons. The third-order valence-electron chi connectivity index (χ3n) is 2.88. The summed E-state index contributed by atoms with van der Waals surface area (Å²) in [4.78, 5) is 0. The predicted molar refractivity (Wildman–Crippen MR) is 76.2 cm³/mol. The monoisotopic (exact) mass is 299 g/mol. The van der Waals surface area contributed by atoms with Crippen LogP contribution in [0.5, 0.6) is 0 Å². The number of thioether (sulfide) groups is 1. The van der Waals surface area contributed by atoms with Crippen LogP contribution >= 0.6 is 27.7 Å². The summed E-state index contributed by atoms with van der Waals surface area (Å²) < 4.78 is 1.19. The van der Waals surface area contributed by atoms with Crippen molar-refractivity contribution in [1.82, 2.24) is 5.32 Å². The summed E-state index contributed by atoms with van der Waals surface area (Å²) >= 11 is 5.63. The maximum absolute atomic E-state index is 3.51. The Morgan fingerprint density at radius 3 is 3.12 bits per heavy atom. The van der Waals surface area contributed by atoms with Gasteiger partial charge in [-0.3, -0.25) is 0 Å². The summed E-state index contributed by atoms with van der Waals surface area (Å²) in [6, 6.07) is 8.64. The molecule has 0 amide bonds. The zero-order valence-corrected chi connectivity index (χ0v) is 11.8. The first-order valence-corrected chi connectivity index (χ1v) is 7.75. The Bertz CT molecular complexity index is 323. The summed E-state index contributed by atoms with van der Waals surface area (Å²) in [5.74, 6) is 1.24. The van der Waals surface area contributed by atoms with Gasteiger partial charge in [-0.2, -0.15) is 11.8 Å². The molecule has 1 aromatic rings. The Labute approximate surface area is 111 Å². The Balaban J connectivity index is 1.71. The van der Waals surface area contributed by atoms with Crippen molar-refractivity contribution in [3.05, 3.63) is 34.3 Å². The van der Waals surface area contributed by atoms with E-state index in [1.165, 1.54) is 48.1 Å². The lowest BCUT2D eigenvalue weighted by molar-refractivity contribution is 0.531. The molecular weight excluding hydrogens is 282 g/mol. The lowest BCUT2D eigenvalue weighted by atomic mass is 10.2. The van der Waals surface area contributed by atoms with Crippen molar-refractivity contribution in [3.63, 3.8) is 0 Å². The normalized spacial score (nSPS) is 20.9. The van der Waals surface area contributed by atoms with E-state index in [9.17, 15) is 0 Å². The minimum atomic E-state index is 0.834. The molecule has 0 saturated carbocycles. The van der Waals surface area contributed by atoms with Crippen LogP contribution in [0.2, 0.25) is 0 Å². The molecule has 16 heavy (non-hydrogen) atoms. The quantitative estimate of drug-likeness (QED) is 0.913. The van der Waals surface area contributed by atoms with E-state index in [0.717, 1.165) is 5.25 Å². The van der Waals surface area contributed by atoms with Crippen molar-refractivity contribution < 1.29 is 0 Å². The van der Waals surface area contributed by atoms with Gasteiger partial charge in [0.05, 0.1) is 0 Å². The van der Waals surface area contributed by atoms with Crippen molar-refractivity contribution >= 4 is 27.7 Å². The van der Waals surface area contributed by atoms with Gasteiger partial charge in [0, 0.05) is 16.3 Å². The molecule has 1 unspecified atom stereocenters. The van der Waals surface area contributed by atoms with Crippen LogP contribution in [0.3, 0.4) is 0 Å². The molecule has 1 saturated heterocycles. The van der Waals surface area contributed by atoms with Crippen LogP contribution in [0.4, 0.5) is 0 Å². The van der Waals surface area contributed by atoms with E-state index in [2.05, 4.69) is 57.3 Å². The van der Waals surface area contributed by atoms with E-state index in [0.29, 0.717) is 0 Å². The number of hydrogen-bond acceptors (Lipinski definition) is 2. The third-order valence-corrected chi connectivity index (χ3v) is 4.69. The smallest absolute Gasteiger partial charge is 0.0178 e. The molecule has 1 aliphatic heterocycles. The van der Waals surface area contributed by atoms with Gasteiger partial charge in [0.1, 0.15) is 0 Å². The van der Waals surface area contributed by atoms with Crippen molar-refractivity contribution in [3.8, 4) is 0 Å². The molecule has 1 N–H and O–H groups in total. The molecule has 1 nitrogen and oxygen atoms in total. The van der Waals surface area contributed by atoms with Gasteiger partial charge in [-0.15, -0.1) is 0 Å². The highest BCUT2D eigenvalue weighted by Gasteiger charge is 2.12. The first kappa shape index (κ1) is 12.5. The van der Waals surface area contributed by atoms with Gasteiger partial charge < -0.3 is 5.32 Å². The van der Waals surface area contributed by atoms with E-state index in [1.807, 2.05) is 0 Å². The molecule has 2 rings (SSSR count). The number of piperidine rings is 1. The third kappa shape index (κ3) is 4.11. The average Bonchev–Trinajstić information content (AvgIpc) is 2.30. The van der Waals surface area contributed by atoms with Crippen LogP contribution in [0.15, 0.2) is 28.7 Å². The number of aryl methyl sites for hydroxylation is 1. The molecule has 1 heterocycles. The van der Waals surface area contributed by atoms with Crippen LogP contribution < -0.4 is 5.32 Å². The van der Waals surface area contributed by atoms with E-state index in [-0.39, 0.29) is 0 Å². The largest absolute Gasteiger partial charge is 0.316 e. The highest BCUT2D eigenvalue weighted by molar-refractivity contribution is 9.10. The van der Waals surface area contributed by atoms with Gasteiger partial charge in [-0.1, -0.05) is 28.1 Å². The molecular formula is C13H18BrNS. The first-order chi connectivity index (χ1) is 7.84. The molecule has 0 bridgehead atoms. The second kappa shape index (κ2) is 6.67. The molecule has 3 heteroatoms. The maximum atomic E-state index is 3.51. The van der Waals surface area contributed by atoms with Crippen LogP contribution in [-0.4, -0.2) is 24.1 Å². The van der Waals surface area contributed by atoms with Gasteiger partial charge in [0.25, 0.3) is 0 Å².